The van der Waals surface area contributed by atoms with Gasteiger partial charge in [0, 0.05) is 25.5 Å². The highest BCUT2D eigenvalue weighted by atomic mass is 32.2. The van der Waals surface area contributed by atoms with Crippen molar-refractivity contribution in [1.29, 1.82) is 0 Å². The summed E-state index contributed by atoms with van der Waals surface area (Å²) in [5.74, 6) is 0.339. The van der Waals surface area contributed by atoms with Crippen molar-refractivity contribution >= 4 is 27.5 Å². The van der Waals surface area contributed by atoms with Gasteiger partial charge in [-0.3, -0.25) is 9.78 Å². The number of aromatic nitrogens is 3. The summed E-state index contributed by atoms with van der Waals surface area (Å²) in [5, 5.41) is 7.73. The van der Waals surface area contributed by atoms with Crippen LogP contribution in [0.15, 0.2) is 34.2 Å². The molecule has 0 aliphatic carbocycles. The Bertz CT molecular complexity index is 853. The molecule has 1 aliphatic rings. The molecule has 0 bridgehead atoms. The predicted molar refractivity (Wildman–Crippen MR) is 92.7 cm³/mol. The van der Waals surface area contributed by atoms with Crippen molar-refractivity contribution in [3.8, 4) is 11.5 Å². The summed E-state index contributed by atoms with van der Waals surface area (Å²) in [6.07, 6.45) is 3.74. The number of carbonyl (C=O) groups excluding carboxylic acids is 1. The second kappa shape index (κ2) is 7.12. The van der Waals surface area contributed by atoms with E-state index in [4.69, 9.17) is 4.42 Å². The average molecular weight is 382 g/mol. The van der Waals surface area contributed by atoms with E-state index in [2.05, 4.69) is 15.2 Å². The van der Waals surface area contributed by atoms with Gasteiger partial charge in [0.05, 0.1) is 22.3 Å². The van der Waals surface area contributed by atoms with Gasteiger partial charge in [-0.25, -0.2) is 8.42 Å². The minimum absolute atomic E-state index is 0.0261. The van der Waals surface area contributed by atoms with Crippen LogP contribution in [-0.2, 0) is 14.6 Å². The molecule has 3 rings (SSSR count). The molecule has 1 aliphatic heterocycles. The molecule has 2 aromatic rings. The summed E-state index contributed by atoms with van der Waals surface area (Å²) in [6, 6.07) is 3.30. The first kappa shape index (κ1) is 17.9. The van der Waals surface area contributed by atoms with Gasteiger partial charge in [0.1, 0.15) is 0 Å². The third kappa shape index (κ3) is 4.18. The highest BCUT2D eigenvalue weighted by Gasteiger charge is 2.34. The van der Waals surface area contributed by atoms with E-state index in [0.29, 0.717) is 17.9 Å². The second-order valence-corrected chi connectivity index (χ2v) is 9.40. The highest BCUT2D eigenvalue weighted by molar-refractivity contribution is 8.00. The van der Waals surface area contributed by atoms with Crippen molar-refractivity contribution < 1.29 is 17.6 Å². The van der Waals surface area contributed by atoms with E-state index in [1.165, 1.54) is 4.90 Å². The number of pyridine rings is 1. The van der Waals surface area contributed by atoms with Gasteiger partial charge in [-0.05, 0) is 25.5 Å². The summed E-state index contributed by atoms with van der Waals surface area (Å²) in [6.45, 7) is 1.74. The first-order chi connectivity index (χ1) is 11.9. The van der Waals surface area contributed by atoms with Gasteiger partial charge in [0.15, 0.2) is 9.84 Å². The number of hydrogen-bond donors (Lipinski definition) is 0. The zero-order valence-electron chi connectivity index (χ0n) is 13.8. The number of rotatable bonds is 5. The van der Waals surface area contributed by atoms with Crippen LogP contribution in [0.4, 0.5) is 0 Å². The SMILES string of the molecule is C[C@H](Sc1nnc(-c2cccnc2)o1)C(=O)N(C)[C@H]1CCS(=O)(=O)C1. The van der Waals surface area contributed by atoms with E-state index in [0.717, 1.165) is 11.8 Å². The predicted octanol–water partition coefficient (Wildman–Crippen LogP) is 1.26. The maximum absolute atomic E-state index is 12.5. The minimum Gasteiger partial charge on any atom is -0.411 e. The molecule has 1 fully saturated rings. The van der Waals surface area contributed by atoms with Crippen LogP contribution in [0.3, 0.4) is 0 Å². The number of carbonyl (C=O) groups is 1. The molecular weight excluding hydrogens is 364 g/mol. The van der Waals surface area contributed by atoms with Gasteiger partial charge in [0.25, 0.3) is 5.22 Å². The Labute approximate surface area is 149 Å². The van der Waals surface area contributed by atoms with Crippen LogP contribution in [0, 0.1) is 0 Å². The lowest BCUT2D eigenvalue weighted by Gasteiger charge is -2.25. The van der Waals surface area contributed by atoms with Crippen LogP contribution in [0.1, 0.15) is 13.3 Å². The van der Waals surface area contributed by atoms with Crippen molar-refractivity contribution in [1.82, 2.24) is 20.1 Å². The third-order valence-corrected chi connectivity index (χ3v) is 6.72. The molecule has 0 N–H and O–H groups in total. The zero-order chi connectivity index (χ0) is 18.0. The molecule has 0 unspecified atom stereocenters. The first-order valence-corrected chi connectivity index (χ1v) is 10.4. The van der Waals surface area contributed by atoms with E-state index < -0.39 is 15.1 Å². The van der Waals surface area contributed by atoms with Gasteiger partial charge in [0.2, 0.25) is 11.8 Å². The van der Waals surface area contributed by atoms with Gasteiger partial charge < -0.3 is 9.32 Å². The summed E-state index contributed by atoms with van der Waals surface area (Å²) in [5.41, 5.74) is 0.703. The van der Waals surface area contributed by atoms with Crippen LogP contribution < -0.4 is 0 Å². The largest absolute Gasteiger partial charge is 0.411 e. The van der Waals surface area contributed by atoms with Crippen LogP contribution >= 0.6 is 11.8 Å². The van der Waals surface area contributed by atoms with Crippen molar-refractivity contribution in [3.63, 3.8) is 0 Å². The summed E-state index contributed by atoms with van der Waals surface area (Å²) < 4.78 is 28.7. The molecule has 0 aromatic carbocycles. The molecule has 1 amide bonds. The Morgan fingerprint density at radius 2 is 2.24 bits per heavy atom. The second-order valence-electron chi connectivity index (χ2n) is 5.88. The number of nitrogens with zero attached hydrogens (tertiary/aromatic N) is 4. The molecule has 3 heterocycles. The molecule has 25 heavy (non-hydrogen) atoms. The molecule has 134 valence electrons. The third-order valence-electron chi connectivity index (χ3n) is 4.04. The maximum Gasteiger partial charge on any atom is 0.277 e. The molecule has 10 heteroatoms. The Balaban J connectivity index is 1.63. The van der Waals surface area contributed by atoms with E-state index in [1.807, 2.05) is 0 Å². The normalized spacial score (nSPS) is 20.3. The summed E-state index contributed by atoms with van der Waals surface area (Å²) in [7, 11) is -1.39. The van der Waals surface area contributed by atoms with Gasteiger partial charge in [-0.15, -0.1) is 10.2 Å². The summed E-state index contributed by atoms with van der Waals surface area (Å²) in [4.78, 5) is 18.0. The molecule has 2 atom stereocenters. The number of thioether (sulfide) groups is 1. The Morgan fingerprint density at radius 1 is 1.44 bits per heavy atom. The van der Waals surface area contributed by atoms with E-state index in [-0.39, 0.29) is 28.7 Å². The lowest BCUT2D eigenvalue weighted by Crippen LogP contribution is -2.41. The van der Waals surface area contributed by atoms with Gasteiger partial charge in [-0.2, -0.15) is 0 Å². The van der Waals surface area contributed by atoms with Crippen LogP contribution in [-0.4, -0.2) is 64.3 Å². The van der Waals surface area contributed by atoms with Crippen molar-refractivity contribution in [2.24, 2.45) is 0 Å². The average Bonchev–Trinajstić information content (AvgIpc) is 3.20. The quantitative estimate of drug-likeness (QED) is 0.712. The lowest BCUT2D eigenvalue weighted by molar-refractivity contribution is -0.130. The molecule has 1 saturated heterocycles. The van der Waals surface area contributed by atoms with Crippen molar-refractivity contribution in [2.75, 3.05) is 18.6 Å². The Kier molecular flexibility index (Phi) is 5.09. The minimum atomic E-state index is -3.03. The van der Waals surface area contributed by atoms with Crippen LogP contribution in [0.2, 0.25) is 0 Å². The van der Waals surface area contributed by atoms with E-state index in [9.17, 15) is 13.2 Å². The molecular formula is C15H18N4O4S2. The summed E-state index contributed by atoms with van der Waals surface area (Å²) >= 11 is 1.15. The highest BCUT2D eigenvalue weighted by Crippen LogP contribution is 2.27. The fourth-order valence-corrected chi connectivity index (χ4v) is 5.17. The van der Waals surface area contributed by atoms with Crippen LogP contribution in [0.25, 0.3) is 11.5 Å². The van der Waals surface area contributed by atoms with E-state index in [1.54, 1.807) is 38.5 Å². The molecule has 0 saturated carbocycles. The topological polar surface area (TPSA) is 106 Å². The fraction of sp³-hybridized carbons (Fsp3) is 0.467. The van der Waals surface area contributed by atoms with Gasteiger partial charge in [-0.1, -0.05) is 11.8 Å². The standard InChI is InChI=1S/C15H18N4O4S2/c1-10(14(20)19(2)12-5-7-25(21,22)9-12)24-15-18-17-13(23-15)11-4-3-6-16-8-11/h3-4,6,8,10,12H,5,7,9H2,1-2H3/t10-,12-/m0/s1. The number of hydrogen-bond acceptors (Lipinski definition) is 8. The smallest absolute Gasteiger partial charge is 0.277 e. The van der Waals surface area contributed by atoms with Crippen molar-refractivity contribution in [2.45, 2.75) is 29.9 Å². The lowest BCUT2D eigenvalue weighted by atomic mass is 10.2. The van der Waals surface area contributed by atoms with Crippen LogP contribution in [0.5, 0.6) is 0 Å². The number of sulfone groups is 1. The molecule has 0 spiro atoms. The molecule has 8 nitrogen and oxygen atoms in total. The maximum atomic E-state index is 12.5. The number of amides is 1. The Morgan fingerprint density at radius 3 is 2.88 bits per heavy atom. The van der Waals surface area contributed by atoms with Gasteiger partial charge >= 0.3 is 0 Å². The molecule has 0 radical (unpaired) electrons. The monoisotopic (exact) mass is 382 g/mol. The van der Waals surface area contributed by atoms with Crippen molar-refractivity contribution in [3.05, 3.63) is 24.5 Å². The first-order valence-electron chi connectivity index (χ1n) is 7.73. The van der Waals surface area contributed by atoms with E-state index >= 15 is 0 Å². The zero-order valence-corrected chi connectivity index (χ0v) is 15.5. The molecule has 2 aromatic heterocycles. The fourth-order valence-electron chi connectivity index (χ4n) is 2.61. The Hall–Kier alpha value is -1.94.